The smallest absolute Gasteiger partial charge is 0.179 e. The largest absolute Gasteiger partial charge is 0.345 e. The monoisotopic (exact) mass is 161 g/mol. The lowest BCUT2D eigenvalue weighted by Crippen LogP contribution is -1.97. The third-order valence-electron chi connectivity index (χ3n) is 1.62. The fourth-order valence-corrected chi connectivity index (χ4v) is 1.000. The number of ketones is 1. The van der Waals surface area contributed by atoms with Gasteiger partial charge < -0.3 is 4.98 Å². The molecule has 2 aromatic rings. The average molecular weight is 161 g/mol. The van der Waals surface area contributed by atoms with E-state index in [4.69, 9.17) is 0 Å². The molecule has 0 saturated carbocycles. The van der Waals surface area contributed by atoms with Crippen molar-refractivity contribution in [3.8, 4) is 0 Å². The van der Waals surface area contributed by atoms with E-state index < -0.39 is 0 Å². The first-order chi connectivity index (χ1) is 5.77. The lowest BCUT2D eigenvalue weighted by atomic mass is 10.3. The first-order valence-corrected chi connectivity index (χ1v) is 3.58. The summed E-state index contributed by atoms with van der Waals surface area (Å²) in [6.07, 6.45) is 3.22. The highest BCUT2D eigenvalue weighted by atomic mass is 16.1. The number of nitrogens with one attached hydrogen (secondary N) is 1. The Labute approximate surface area is 68.7 Å². The number of aromatic nitrogens is 3. The molecule has 0 aliphatic carbocycles. The minimum Gasteiger partial charge on any atom is -0.345 e. The van der Waals surface area contributed by atoms with Gasteiger partial charge in [-0.25, -0.2) is 9.97 Å². The van der Waals surface area contributed by atoms with Crippen molar-refractivity contribution in [1.29, 1.82) is 0 Å². The molecule has 0 spiro atoms. The van der Waals surface area contributed by atoms with Crippen LogP contribution in [0.2, 0.25) is 0 Å². The highest BCUT2D eigenvalue weighted by molar-refractivity contribution is 5.93. The first-order valence-electron chi connectivity index (χ1n) is 3.58. The summed E-state index contributed by atoms with van der Waals surface area (Å²) in [6, 6.07) is 1.79. The molecule has 0 unspecified atom stereocenters. The Kier molecular flexibility index (Phi) is 1.40. The lowest BCUT2D eigenvalue weighted by Gasteiger charge is -1.92. The second-order valence-electron chi connectivity index (χ2n) is 2.52. The van der Waals surface area contributed by atoms with Crippen LogP contribution in [0.1, 0.15) is 17.4 Å². The van der Waals surface area contributed by atoms with Crippen molar-refractivity contribution in [2.24, 2.45) is 0 Å². The quantitative estimate of drug-likeness (QED) is 0.638. The maximum absolute atomic E-state index is 10.9. The van der Waals surface area contributed by atoms with Gasteiger partial charge in [0.05, 0.1) is 6.20 Å². The molecule has 0 aliphatic heterocycles. The molecule has 0 amide bonds. The molecular formula is C8H7N3O. The predicted octanol–water partition coefficient (Wildman–Crippen LogP) is 1.16. The summed E-state index contributed by atoms with van der Waals surface area (Å²) in [6.45, 7) is 1.47. The lowest BCUT2D eigenvalue weighted by molar-refractivity contribution is 0.101. The summed E-state index contributed by atoms with van der Waals surface area (Å²) in [7, 11) is 0. The second-order valence-corrected chi connectivity index (χ2v) is 2.52. The Bertz CT molecular complexity index is 433. The van der Waals surface area contributed by atoms with Crippen molar-refractivity contribution >= 4 is 16.9 Å². The third kappa shape index (κ3) is 0.972. The van der Waals surface area contributed by atoms with E-state index in [2.05, 4.69) is 15.0 Å². The molecule has 1 N–H and O–H groups in total. The zero-order valence-electron chi connectivity index (χ0n) is 6.53. The van der Waals surface area contributed by atoms with Crippen LogP contribution < -0.4 is 0 Å². The van der Waals surface area contributed by atoms with E-state index in [9.17, 15) is 4.79 Å². The zero-order chi connectivity index (χ0) is 8.55. The standard InChI is InChI=1S/C8H7N3O/c1-5(12)7-4-10-8-6(11-7)2-3-9-8/h2-4H,1H3,(H,9,10). The SMILES string of the molecule is CC(=O)c1cnc2[nH]ccc2n1. The van der Waals surface area contributed by atoms with Crippen molar-refractivity contribution in [1.82, 2.24) is 15.0 Å². The minimum atomic E-state index is -0.0643. The number of H-pyrrole nitrogens is 1. The van der Waals surface area contributed by atoms with E-state index in [1.807, 2.05) is 0 Å². The first kappa shape index (κ1) is 6.97. The number of carbonyl (C=O) groups is 1. The Morgan fingerprint density at radius 3 is 3.17 bits per heavy atom. The minimum absolute atomic E-state index is 0.0643. The van der Waals surface area contributed by atoms with Gasteiger partial charge in [-0.15, -0.1) is 0 Å². The normalized spacial score (nSPS) is 10.4. The van der Waals surface area contributed by atoms with Gasteiger partial charge >= 0.3 is 0 Å². The van der Waals surface area contributed by atoms with Gasteiger partial charge in [0.15, 0.2) is 11.4 Å². The van der Waals surface area contributed by atoms with Gasteiger partial charge in [-0.3, -0.25) is 4.79 Å². The molecule has 0 aromatic carbocycles. The molecule has 2 rings (SSSR count). The summed E-state index contributed by atoms with van der Waals surface area (Å²) in [5, 5.41) is 0. The molecule has 0 bridgehead atoms. The number of hydrogen-bond acceptors (Lipinski definition) is 3. The van der Waals surface area contributed by atoms with Crippen LogP contribution in [0, 0.1) is 0 Å². The maximum Gasteiger partial charge on any atom is 0.179 e. The van der Waals surface area contributed by atoms with Crippen LogP contribution in [-0.4, -0.2) is 20.7 Å². The molecule has 0 radical (unpaired) electrons. The van der Waals surface area contributed by atoms with Crippen LogP contribution in [0.15, 0.2) is 18.5 Å². The van der Waals surface area contributed by atoms with Gasteiger partial charge in [0.1, 0.15) is 11.2 Å². The van der Waals surface area contributed by atoms with Gasteiger partial charge in [-0.1, -0.05) is 0 Å². The molecule has 2 heterocycles. The van der Waals surface area contributed by atoms with E-state index in [0.717, 1.165) is 5.52 Å². The van der Waals surface area contributed by atoms with Crippen LogP contribution in [-0.2, 0) is 0 Å². The van der Waals surface area contributed by atoms with Gasteiger partial charge in [-0.2, -0.15) is 0 Å². The van der Waals surface area contributed by atoms with Crippen LogP contribution >= 0.6 is 0 Å². The number of fused-ring (bicyclic) bond motifs is 1. The number of carbonyl (C=O) groups excluding carboxylic acids is 1. The Morgan fingerprint density at radius 1 is 1.58 bits per heavy atom. The number of nitrogens with zero attached hydrogens (tertiary/aromatic N) is 2. The van der Waals surface area contributed by atoms with Crippen LogP contribution in [0.25, 0.3) is 11.2 Å². The van der Waals surface area contributed by atoms with E-state index in [0.29, 0.717) is 11.3 Å². The van der Waals surface area contributed by atoms with Gasteiger partial charge in [-0.05, 0) is 6.07 Å². The second kappa shape index (κ2) is 2.41. The Hall–Kier alpha value is -1.71. The number of aromatic amines is 1. The van der Waals surface area contributed by atoms with Gasteiger partial charge in [0.2, 0.25) is 0 Å². The molecule has 2 aromatic heterocycles. The zero-order valence-corrected chi connectivity index (χ0v) is 6.53. The molecule has 12 heavy (non-hydrogen) atoms. The fraction of sp³-hybridized carbons (Fsp3) is 0.125. The molecule has 0 atom stereocenters. The van der Waals surface area contributed by atoms with Crippen LogP contribution in [0.5, 0.6) is 0 Å². The highest BCUT2D eigenvalue weighted by Gasteiger charge is 2.03. The van der Waals surface area contributed by atoms with E-state index in [1.54, 1.807) is 12.3 Å². The van der Waals surface area contributed by atoms with Crippen molar-refractivity contribution in [2.45, 2.75) is 6.92 Å². The number of hydrogen-bond donors (Lipinski definition) is 1. The molecule has 4 heteroatoms. The molecule has 0 aliphatic rings. The van der Waals surface area contributed by atoms with Crippen LogP contribution in [0.4, 0.5) is 0 Å². The Morgan fingerprint density at radius 2 is 2.42 bits per heavy atom. The van der Waals surface area contributed by atoms with Crippen LogP contribution in [0.3, 0.4) is 0 Å². The van der Waals surface area contributed by atoms with E-state index in [-0.39, 0.29) is 5.78 Å². The molecule has 0 fully saturated rings. The van der Waals surface area contributed by atoms with Crippen molar-refractivity contribution in [3.63, 3.8) is 0 Å². The summed E-state index contributed by atoms with van der Waals surface area (Å²) < 4.78 is 0. The van der Waals surface area contributed by atoms with Crippen molar-refractivity contribution in [2.75, 3.05) is 0 Å². The maximum atomic E-state index is 10.9. The molecule has 4 nitrogen and oxygen atoms in total. The summed E-state index contributed by atoms with van der Waals surface area (Å²) in [5.41, 5.74) is 1.84. The average Bonchev–Trinajstić information content (AvgIpc) is 2.49. The summed E-state index contributed by atoms with van der Waals surface area (Å²) in [5.74, 6) is -0.0643. The highest BCUT2D eigenvalue weighted by Crippen LogP contribution is 2.06. The molecular weight excluding hydrogens is 154 g/mol. The van der Waals surface area contributed by atoms with Gasteiger partial charge in [0, 0.05) is 13.1 Å². The molecule has 0 saturated heterocycles. The number of rotatable bonds is 1. The topological polar surface area (TPSA) is 58.6 Å². The predicted molar refractivity (Wildman–Crippen MR) is 43.9 cm³/mol. The summed E-state index contributed by atoms with van der Waals surface area (Å²) >= 11 is 0. The Balaban J connectivity index is 2.68. The van der Waals surface area contributed by atoms with E-state index in [1.165, 1.54) is 13.1 Å². The van der Waals surface area contributed by atoms with Crippen molar-refractivity contribution in [3.05, 3.63) is 24.2 Å². The summed E-state index contributed by atoms with van der Waals surface area (Å²) in [4.78, 5) is 21.9. The fourth-order valence-electron chi connectivity index (χ4n) is 1.000. The third-order valence-corrected chi connectivity index (χ3v) is 1.62. The van der Waals surface area contributed by atoms with Crippen molar-refractivity contribution < 1.29 is 4.79 Å². The van der Waals surface area contributed by atoms with E-state index >= 15 is 0 Å². The molecule has 60 valence electrons. The van der Waals surface area contributed by atoms with Gasteiger partial charge in [0.25, 0.3) is 0 Å². The number of Topliss-reactive ketones (excluding diaryl/α,β-unsaturated/α-hetero) is 1.